The maximum absolute atomic E-state index is 12.2. The molecule has 1 amide bonds. The van der Waals surface area contributed by atoms with Gasteiger partial charge in [-0.05, 0) is 35.3 Å². The summed E-state index contributed by atoms with van der Waals surface area (Å²) in [6.07, 6.45) is 2.84. The minimum atomic E-state index is -0.0207. The van der Waals surface area contributed by atoms with Crippen LogP contribution in [-0.2, 0) is 11.8 Å². The van der Waals surface area contributed by atoms with Gasteiger partial charge in [0.2, 0.25) is 0 Å². The smallest absolute Gasteiger partial charge is 0.268 e. The van der Waals surface area contributed by atoms with Gasteiger partial charge in [-0.15, -0.1) is 0 Å². The number of rotatable bonds is 5. The summed E-state index contributed by atoms with van der Waals surface area (Å²) in [6.45, 7) is 6.67. The van der Waals surface area contributed by atoms with E-state index in [2.05, 4.69) is 33.1 Å². The van der Waals surface area contributed by atoms with E-state index in [1.54, 1.807) is 0 Å². The number of carbonyl (C=O) groups excluding carboxylic acids is 1. The molecular weight excluding hydrogens is 322 g/mol. The molecule has 1 fully saturated rings. The van der Waals surface area contributed by atoms with Gasteiger partial charge >= 0.3 is 0 Å². The van der Waals surface area contributed by atoms with E-state index < -0.39 is 0 Å². The Morgan fingerprint density at radius 3 is 2.80 bits per heavy atom. The molecule has 0 radical (unpaired) electrons. The van der Waals surface area contributed by atoms with E-state index >= 15 is 0 Å². The normalized spacial score (nSPS) is 17.9. The average molecular weight is 344 g/mol. The molecule has 0 spiro atoms. The molecule has 2 heterocycles. The Labute approximate surface area is 128 Å². The monoisotopic (exact) mass is 343 g/mol. The molecule has 112 valence electrons. The number of ether oxygens (including phenoxy) is 1. The van der Waals surface area contributed by atoms with Crippen molar-refractivity contribution in [2.45, 2.75) is 19.4 Å². The number of morpholine rings is 1. The van der Waals surface area contributed by atoms with Crippen molar-refractivity contribution in [3.8, 4) is 0 Å². The van der Waals surface area contributed by atoms with Crippen LogP contribution in [-0.4, -0.2) is 54.3 Å². The van der Waals surface area contributed by atoms with E-state index in [1.165, 1.54) is 0 Å². The lowest BCUT2D eigenvalue weighted by Crippen LogP contribution is -2.40. The first-order valence-corrected chi connectivity index (χ1v) is 7.78. The zero-order valence-corrected chi connectivity index (χ0v) is 13.6. The number of nitrogens with one attached hydrogen (secondary N) is 1. The molecular formula is C14H22BrN3O2. The molecule has 0 aromatic carbocycles. The molecule has 5 nitrogen and oxygen atoms in total. The highest BCUT2D eigenvalue weighted by Crippen LogP contribution is 2.13. The Hall–Kier alpha value is -0.850. The first-order valence-electron chi connectivity index (χ1n) is 6.99. The molecule has 1 aliphatic heterocycles. The number of aryl methyl sites for hydroxylation is 1. The van der Waals surface area contributed by atoms with Gasteiger partial charge in [0.1, 0.15) is 5.69 Å². The van der Waals surface area contributed by atoms with E-state index in [0.29, 0.717) is 5.69 Å². The molecule has 0 bridgehead atoms. The van der Waals surface area contributed by atoms with E-state index in [0.717, 1.165) is 43.7 Å². The Balaban J connectivity index is 1.77. The molecule has 6 heteroatoms. The van der Waals surface area contributed by atoms with Crippen LogP contribution >= 0.6 is 15.9 Å². The van der Waals surface area contributed by atoms with Crippen LogP contribution < -0.4 is 5.32 Å². The minimum Gasteiger partial charge on any atom is -0.379 e. The number of hydrogen-bond donors (Lipinski definition) is 1. The second kappa shape index (κ2) is 7.24. The van der Waals surface area contributed by atoms with Gasteiger partial charge in [0.15, 0.2) is 0 Å². The van der Waals surface area contributed by atoms with Gasteiger partial charge < -0.3 is 14.6 Å². The maximum Gasteiger partial charge on any atom is 0.268 e. The van der Waals surface area contributed by atoms with E-state index in [1.807, 2.05) is 23.9 Å². The first kappa shape index (κ1) is 15.5. The molecule has 2 rings (SSSR count). The molecule has 0 aliphatic carbocycles. The Morgan fingerprint density at radius 2 is 2.20 bits per heavy atom. The number of nitrogens with zero attached hydrogens (tertiary/aromatic N) is 2. The van der Waals surface area contributed by atoms with Crippen LogP contribution in [0.5, 0.6) is 0 Å². The van der Waals surface area contributed by atoms with Crippen molar-refractivity contribution in [1.29, 1.82) is 0 Å². The van der Waals surface area contributed by atoms with Crippen molar-refractivity contribution >= 4 is 21.8 Å². The summed E-state index contributed by atoms with van der Waals surface area (Å²) in [7, 11) is 1.87. The summed E-state index contributed by atoms with van der Waals surface area (Å²) in [5.41, 5.74) is 0.676. The second-order valence-corrected chi connectivity index (χ2v) is 6.19. The molecule has 1 aromatic heterocycles. The maximum atomic E-state index is 12.2. The van der Waals surface area contributed by atoms with Crippen LogP contribution in [0.1, 0.15) is 23.8 Å². The first-order chi connectivity index (χ1) is 9.56. The van der Waals surface area contributed by atoms with Gasteiger partial charge in [-0.25, -0.2) is 0 Å². The van der Waals surface area contributed by atoms with Gasteiger partial charge in [0.25, 0.3) is 5.91 Å². The second-order valence-electron chi connectivity index (χ2n) is 5.27. The number of amides is 1. The van der Waals surface area contributed by atoms with Crippen molar-refractivity contribution in [2.75, 3.05) is 32.8 Å². The highest BCUT2D eigenvalue weighted by atomic mass is 79.9. The fourth-order valence-electron chi connectivity index (χ4n) is 2.32. The number of hydrogen-bond acceptors (Lipinski definition) is 3. The highest BCUT2D eigenvalue weighted by molar-refractivity contribution is 9.10. The van der Waals surface area contributed by atoms with Crippen LogP contribution in [0.2, 0.25) is 0 Å². The zero-order chi connectivity index (χ0) is 14.5. The van der Waals surface area contributed by atoms with Crippen molar-refractivity contribution < 1.29 is 9.53 Å². The quantitative estimate of drug-likeness (QED) is 0.883. The van der Waals surface area contributed by atoms with E-state index in [4.69, 9.17) is 4.74 Å². The molecule has 1 N–H and O–H groups in total. The van der Waals surface area contributed by atoms with Crippen molar-refractivity contribution in [3.63, 3.8) is 0 Å². The van der Waals surface area contributed by atoms with Crippen molar-refractivity contribution in [1.82, 2.24) is 14.8 Å². The topological polar surface area (TPSA) is 46.5 Å². The summed E-state index contributed by atoms with van der Waals surface area (Å²) in [5.74, 6) is -0.0207. The summed E-state index contributed by atoms with van der Waals surface area (Å²) in [5, 5.41) is 3.05. The SMILES string of the molecule is C[C@H](CCN1CCOCC1)NC(=O)c1cc(Br)cn1C. The van der Waals surface area contributed by atoms with Crippen molar-refractivity contribution in [2.24, 2.45) is 7.05 Å². The summed E-state index contributed by atoms with van der Waals surface area (Å²) in [6, 6.07) is 2.00. The third-order valence-corrected chi connectivity index (χ3v) is 4.00. The zero-order valence-electron chi connectivity index (χ0n) is 12.1. The standard InChI is InChI=1S/C14H22BrN3O2/c1-11(3-4-18-5-7-20-8-6-18)16-14(19)13-9-12(15)10-17(13)2/h9-11H,3-8H2,1-2H3,(H,16,19)/t11-/m1/s1. The third-order valence-electron chi connectivity index (χ3n) is 3.56. The predicted octanol–water partition coefficient (Wildman–Crippen LogP) is 1.63. The van der Waals surface area contributed by atoms with Crippen LogP contribution in [0, 0.1) is 0 Å². The molecule has 1 saturated heterocycles. The van der Waals surface area contributed by atoms with Crippen LogP contribution in [0.25, 0.3) is 0 Å². The summed E-state index contributed by atoms with van der Waals surface area (Å²) < 4.78 is 8.08. The molecule has 20 heavy (non-hydrogen) atoms. The molecule has 1 aromatic rings. The third kappa shape index (κ3) is 4.33. The summed E-state index contributed by atoms with van der Waals surface area (Å²) >= 11 is 3.38. The van der Waals surface area contributed by atoms with E-state index in [-0.39, 0.29) is 11.9 Å². The van der Waals surface area contributed by atoms with Gasteiger partial charge in [-0.1, -0.05) is 0 Å². The largest absolute Gasteiger partial charge is 0.379 e. The lowest BCUT2D eigenvalue weighted by atomic mass is 10.2. The lowest BCUT2D eigenvalue weighted by Gasteiger charge is -2.27. The molecule has 0 saturated carbocycles. The van der Waals surface area contributed by atoms with Crippen LogP contribution in [0.3, 0.4) is 0 Å². The van der Waals surface area contributed by atoms with Crippen molar-refractivity contribution in [3.05, 3.63) is 22.4 Å². The molecule has 1 aliphatic rings. The number of aromatic nitrogens is 1. The Kier molecular flexibility index (Phi) is 5.63. The van der Waals surface area contributed by atoms with Gasteiger partial charge in [-0.3, -0.25) is 9.69 Å². The number of halogens is 1. The number of carbonyl (C=O) groups is 1. The molecule has 0 unspecified atom stereocenters. The minimum absolute atomic E-state index is 0.0207. The van der Waals surface area contributed by atoms with Gasteiger partial charge in [0, 0.05) is 43.4 Å². The fraction of sp³-hybridized carbons (Fsp3) is 0.643. The van der Waals surface area contributed by atoms with E-state index in [9.17, 15) is 4.79 Å². The molecule has 1 atom stereocenters. The van der Waals surface area contributed by atoms with Gasteiger partial charge in [0.05, 0.1) is 13.2 Å². The summed E-state index contributed by atoms with van der Waals surface area (Å²) in [4.78, 5) is 14.5. The van der Waals surface area contributed by atoms with Crippen LogP contribution in [0.4, 0.5) is 0 Å². The fourth-order valence-corrected chi connectivity index (χ4v) is 2.84. The average Bonchev–Trinajstić information content (AvgIpc) is 2.77. The Bertz CT molecular complexity index is 455. The van der Waals surface area contributed by atoms with Crippen LogP contribution in [0.15, 0.2) is 16.7 Å². The van der Waals surface area contributed by atoms with Gasteiger partial charge in [-0.2, -0.15) is 0 Å². The lowest BCUT2D eigenvalue weighted by molar-refractivity contribution is 0.0363. The predicted molar refractivity (Wildman–Crippen MR) is 81.9 cm³/mol. The highest BCUT2D eigenvalue weighted by Gasteiger charge is 2.15. The Morgan fingerprint density at radius 1 is 1.50 bits per heavy atom.